The van der Waals surface area contributed by atoms with Gasteiger partial charge < -0.3 is 5.11 Å². The fourth-order valence-electron chi connectivity index (χ4n) is 5.58. The molecule has 0 radical (unpaired) electrons. The molecule has 148 valence electrons. The van der Waals surface area contributed by atoms with Crippen molar-refractivity contribution in [1.82, 2.24) is 0 Å². The molecule has 0 bridgehead atoms. The van der Waals surface area contributed by atoms with Gasteiger partial charge in [-0.1, -0.05) is 53.5 Å². The fourth-order valence-corrected chi connectivity index (χ4v) is 5.58. The number of carbonyl (C=O) groups is 1. The van der Waals surface area contributed by atoms with Gasteiger partial charge in [0.2, 0.25) is 0 Å². The maximum atomic E-state index is 12.5. The molecule has 1 saturated carbocycles. The van der Waals surface area contributed by atoms with Gasteiger partial charge in [-0.2, -0.15) is 0 Å². The fraction of sp³-hybridized carbons (Fsp3) is 0.792. The first-order valence-electron chi connectivity index (χ1n) is 10.7. The summed E-state index contributed by atoms with van der Waals surface area (Å²) in [6, 6.07) is 0. The molecule has 0 aromatic carbocycles. The highest BCUT2D eigenvalue weighted by Gasteiger charge is 2.49. The van der Waals surface area contributed by atoms with Crippen molar-refractivity contribution in [3.05, 3.63) is 22.8 Å². The summed E-state index contributed by atoms with van der Waals surface area (Å²) in [5.41, 5.74) is 2.72. The molecule has 2 aliphatic rings. The zero-order valence-corrected chi connectivity index (χ0v) is 18.1. The zero-order valence-electron chi connectivity index (χ0n) is 18.1. The minimum absolute atomic E-state index is 0.0140. The Labute approximate surface area is 161 Å². The van der Waals surface area contributed by atoms with E-state index in [1.807, 2.05) is 13.0 Å². The summed E-state index contributed by atoms with van der Waals surface area (Å²) in [5, 5.41) is 12.1. The van der Waals surface area contributed by atoms with Crippen molar-refractivity contribution >= 4 is 5.78 Å². The van der Waals surface area contributed by atoms with Crippen molar-refractivity contribution in [2.24, 2.45) is 23.2 Å². The quantitative estimate of drug-likeness (QED) is 0.589. The van der Waals surface area contributed by atoms with Crippen LogP contribution in [0.15, 0.2) is 22.8 Å². The third kappa shape index (κ3) is 4.16. The maximum Gasteiger partial charge on any atom is 0.155 e. The molecular formula is C24H40O2. The molecular weight excluding hydrogens is 320 g/mol. The van der Waals surface area contributed by atoms with Gasteiger partial charge in [0.1, 0.15) is 0 Å². The molecule has 0 heterocycles. The van der Waals surface area contributed by atoms with Crippen LogP contribution in [0.25, 0.3) is 0 Å². The Balaban J connectivity index is 2.68. The lowest BCUT2D eigenvalue weighted by atomic mass is 9.58. The Kier molecular flexibility index (Phi) is 6.59. The number of aliphatic hydroxyl groups is 1. The zero-order chi connectivity index (χ0) is 19.7. The van der Waals surface area contributed by atoms with E-state index in [1.54, 1.807) is 0 Å². The van der Waals surface area contributed by atoms with Crippen molar-refractivity contribution < 1.29 is 9.90 Å². The van der Waals surface area contributed by atoms with Crippen LogP contribution in [0.5, 0.6) is 0 Å². The second-order valence-electron chi connectivity index (χ2n) is 9.93. The highest BCUT2D eigenvalue weighted by atomic mass is 16.3. The molecule has 0 saturated heterocycles. The molecule has 2 aliphatic carbocycles. The minimum atomic E-state index is -0.887. The van der Waals surface area contributed by atoms with Gasteiger partial charge in [-0.15, -0.1) is 0 Å². The molecule has 2 heteroatoms. The van der Waals surface area contributed by atoms with Crippen LogP contribution in [0.3, 0.4) is 0 Å². The molecule has 2 nitrogen and oxygen atoms in total. The van der Waals surface area contributed by atoms with Gasteiger partial charge in [0, 0.05) is 6.42 Å². The van der Waals surface area contributed by atoms with E-state index < -0.39 is 5.60 Å². The minimum Gasteiger partial charge on any atom is -0.385 e. The van der Waals surface area contributed by atoms with E-state index in [9.17, 15) is 9.90 Å². The lowest BCUT2D eigenvalue weighted by Crippen LogP contribution is -2.49. The molecule has 1 fully saturated rings. The maximum absolute atomic E-state index is 12.5. The summed E-state index contributed by atoms with van der Waals surface area (Å²) < 4.78 is 0. The van der Waals surface area contributed by atoms with E-state index in [0.717, 1.165) is 31.3 Å². The monoisotopic (exact) mass is 360 g/mol. The molecule has 2 rings (SSSR count). The second kappa shape index (κ2) is 8.00. The van der Waals surface area contributed by atoms with Crippen LogP contribution >= 0.6 is 0 Å². The van der Waals surface area contributed by atoms with Crippen LogP contribution in [0.2, 0.25) is 0 Å². The van der Waals surface area contributed by atoms with Gasteiger partial charge in [-0.05, 0) is 79.4 Å². The standard InChI is InChI=1S/C24H40O2/c1-8-19(25)14-21(22-18(5)10-9-13-23(22,6)7)24(26)15-17(4)11-12-20(24)16(2)3/h14,16-17,20,26H,8-13,15H2,1-7H3. The largest absolute Gasteiger partial charge is 0.385 e. The van der Waals surface area contributed by atoms with E-state index >= 15 is 0 Å². The van der Waals surface area contributed by atoms with E-state index in [0.29, 0.717) is 18.3 Å². The molecule has 3 unspecified atom stereocenters. The van der Waals surface area contributed by atoms with Gasteiger partial charge >= 0.3 is 0 Å². The molecule has 3 atom stereocenters. The smallest absolute Gasteiger partial charge is 0.155 e. The molecule has 26 heavy (non-hydrogen) atoms. The lowest BCUT2D eigenvalue weighted by Gasteiger charge is -2.49. The van der Waals surface area contributed by atoms with Crippen LogP contribution in [0.1, 0.15) is 93.4 Å². The number of hydrogen-bond acceptors (Lipinski definition) is 2. The summed E-state index contributed by atoms with van der Waals surface area (Å²) >= 11 is 0. The summed E-state index contributed by atoms with van der Waals surface area (Å²) in [6.07, 6.45) is 8.68. The molecule has 0 aromatic rings. The number of allylic oxidation sites excluding steroid dienone is 2. The average molecular weight is 361 g/mol. The number of carbonyl (C=O) groups excluding carboxylic acids is 1. The summed E-state index contributed by atoms with van der Waals surface area (Å²) in [7, 11) is 0. The van der Waals surface area contributed by atoms with Gasteiger partial charge in [0.25, 0.3) is 0 Å². The predicted molar refractivity (Wildman–Crippen MR) is 110 cm³/mol. The van der Waals surface area contributed by atoms with Crippen molar-refractivity contribution in [2.45, 2.75) is 99.0 Å². The molecule has 0 aliphatic heterocycles. The third-order valence-electron chi connectivity index (χ3n) is 6.89. The normalized spacial score (nSPS) is 32.9. The number of hydrogen-bond donors (Lipinski definition) is 1. The Hall–Kier alpha value is -0.890. The Morgan fingerprint density at radius 3 is 2.50 bits per heavy atom. The summed E-state index contributed by atoms with van der Waals surface area (Å²) in [4.78, 5) is 12.5. The number of rotatable bonds is 5. The summed E-state index contributed by atoms with van der Waals surface area (Å²) in [6.45, 7) is 15.4. The molecule has 0 amide bonds. The van der Waals surface area contributed by atoms with Crippen LogP contribution < -0.4 is 0 Å². The first-order chi connectivity index (χ1) is 12.0. The van der Waals surface area contributed by atoms with Crippen molar-refractivity contribution in [2.75, 3.05) is 0 Å². The Morgan fingerprint density at radius 2 is 1.96 bits per heavy atom. The van der Waals surface area contributed by atoms with Crippen molar-refractivity contribution in [3.63, 3.8) is 0 Å². The highest BCUT2D eigenvalue weighted by molar-refractivity contribution is 5.91. The number of ketones is 1. The SMILES string of the molecule is CCC(=O)C=C(C1=C(C)CCCC1(C)C)C1(O)CC(C)CCC1C(C)C. The Bertz CT molecular complexity index is 593. The third-order valence-corrected chi connectivity index (χ3v) is 6.89. The van der Waals surface area contributed by atoms with Gasteiger partial charge in [0.05, 0.1) is 5.60 Å². The van der Waals surface area contributed by atoms with E-state index in [-0.39, 0.29) is 17.1 Å². The van der Waals surface area contributed by atoms with Gasteiger partial charge in [-0.25, -0.2) is 0 Å². The van der Waals surface area contributed by atoms with Crippen LogP contribution in [-0.4, -0.2) is 16.5 Å². The first kappa shape index (κ1) is 21.4. The highest BCUT2D eigenvalue weighted by Crippen LogP contribution is 2.53. The van der Waals surface area contributed by atoms with Crippen LogP contribution in [-0.2, 0) is 4.79 Å². The van der Waals surface area contributed by atoms with Crippen LogP contribution in [0, 0.1) is 23.2 Å². The van der Waals surface area contributed by atoms with E-state index in [1.165, 1.54) is 24.0 Å². The van der Waals surface area contributed by atoms with Gasteiger partial charge in [0.15, 0.2) is 5.78 Å². The van der Waals surface area contributed by atoms with Crippen molar-refractivity contribution in [3.8, 4) is 0 Å². The first-order valence-corrected chi connectivity index (χ1v) is 10.7. The van der Waals surface area contributed by atoms with Gasteiger partial charge in [-0.3, -0.25) is 4.79 Å². The lowest BCUT2D eigenvalue weighted by molar-refractivity contribution is -0.114. The molecule has 0 spiro atoms. The second-order valence-corrected chi connectivity index (χ2v) is 9.93. The Morgan fingerprint density at radius 1 is 1.31 bits per heavy atom. The molecule has 1 N–H and O–H groups in total. The molecule has 0 aromatic heterocycles. The van der Waals surface area contributed by atoms with E-state index in [2.05, 4.69) is 41.5 Å². The van der Waals surface area contributed by atoms with E-state index in [4.69, 9.17) is 0 Å². The predicted octanol–water partition coefficient (Wildman–Crippen LogP) is 6.24. The summed E-state index contributed by atoms with van der Waals surface area (Å²) in [5.74, 6) is 1.24. The average Bonchev–Trinajstić information content (AvgIpc) is 2.52. The van der Waals surface area contributed by atoms with Crippen molar-refractivity contribution in [1.29, 1.82) is 0 Å². The van der Waals surface area contributed by atoms with Crippen LogP contribution in [0.4, 0.5) is 0 Å². The topological polar surface area (TPSA) is 37.3 Å².